The van der Waals surface area contributed by atoms with E-state index in [2.05, 4.69) is 57.6 Å². The average molecular weight is 460 g/mol. The van der Waals surface area contributed by atoms with Crippen LogP contribution in [0.15, 0.2) is 78.9 Å². The van der Waals surface area contributed by atoms with Crippen molar-refractivity contribution in [2.24, 2.45) is 0 Å². The number of amides is 1. The lowest BCUT2D eigenvalue weighted by Gasteiger charge is -2.36. The van der Waals surface area contributed by atoms with Gasteiger partial charge in [0.25, 0.3) is 0 Å². The second-order valence-electron chi connectivity index (χ2n) is 8.47. The van der Waals surface area contributed by atoms with Gasteiger partial charge in [-0.25, -0.2) is 0 Å². The Labute approximate surface area is 202 Å². The third-order valence-electron chi connectivity index (χ3n) is 6.01. The molecule has 4 rings (SSSR count). The van der Waals surface area contributed by atoms with Crippen molar-refractivity contribution in [2.45, 2.75) is 19.4 Å². The third kappa shape index (κ3) is 6.99. The van der Waals surface area contributed by atoms with Crippen molar-refractivity contribution in [3.05, 3.63) is 84.4 Å². The first-order valence-corrected chi connectivity index (χ1v) is 11.9. The first kappa shape index (κ1) is 23.6. The molecule has 1 heterocycles. The van der Waals surface area contributed by atoms with Crippen molar-refractivity contribution >= 4 is 17.3 Å². The Bertz CT molecular complexity index is 1020. The van der Waals surface area contributed by atoms with Gasteiger partial charge in [0, 0.05) is 50.5 Å². The summed E-state index contributed by atoms with van der Waals surface area (Å²) in [5, 5.41) is 2.98. The summed E-state index contributed by atoms with van der Waals surface area (Å²) >= 11 is 0. The maximum absolute atomic E-state index is 12.3. The molecular weight excluding hydrogens is 426 g/mol. The van der Waals surface area contributed by atoms with Gasteiger partial charge in [0.2, 0.25) is 5.91 Å². The van der Waals surface area contributed by atoms with Crippen LogP contribution in [0.3, 0.4) is 0 Å². The van der Waals surface area contributed by atoms with Crippen molar-refractivity contribution in [1.29, 1.82) is 0 Å². The molecular formula is C28H33N3O3. The van der Waals surface area contributed by atoms with Gasteiger partial charge in [-0.3, -0.25) is 9.69 Å². The van der Waals surface area contributed by atoms with Gasteiger partial charge in [-0.15, -0.1) is 0 Å². The molecule has 6 heteroatoms. The highest BCUT2D eigenvalue weighted by Gasteiger charge is 2.17. The number of anilines is 2. The minimum Gasteiger partial charge on any atom is -0.497 e. The summed E-state index contributed by atoms with van der Waals surface area (Å²) in [7, 11) is 1.64. The van der Waals surface area contributed by atoms with E-state index in [9.17, 15) is 4.79 Å². The second-order valence-corrected chi connectivity index (χ2v) is 8.47. The number of carbonyl (C=O) groups is 1. The molecule has 0 unspecified atom stereocenters. The van der Waals surface area contributed by atoms with E-state index < -0.39 is 0 Å². The summed E-state index contributed by atoms with van der Waals surface area (Å²) < 4.78 is 10.8. The molecule has 6 nitrogen and oxygen atoms in total. The molecule has 0 bridgehead atoms. The third-order valence-corrected chi connectivity index (χ3v) is 6.01. The molecule has 0 aromatic heterocycles. The van der Waals surface area contributed by atoms with Crippen LogP contribution in [0.4, 0.5) is 11.4 Å². The van der Waals surface area contributed by atoms with E-state index in [1.807, 2.05) is 36.4 Å². The Morgan fingerprint density at radius 2 is 1.53 bits per heavy atom. The quantitative estimate of drug-likeness (QED) is 0.441. The number of ether oxygens (including phenoxy) is 2. The van der Waals surface area contributed by atoms with Gasteiger partial charge in [-0.05, 0) is 60.5 Å². The van der Waals surface area contributed by atoms with E-state index in [1.165, 1.54) is 11.3 Å². The van der Waals surface area contributed by atoms with E-state index in [4.69, 9.17) is 9.47 Å². The molecule has 1 fully saturated rings. The maximum Gasteiger partial charge on any atom is 0.224 e. The Balaban J connectivity index is 1.15. The summed E-state index contributed by atoms with van der Waals surface area (Å²) in [4.78, 5) is 17.2. The summed E-state index contributed by atoms with van der Waals surface area (Å²) in [6.07, 6.45) is 1.07. The average Bonchev–Trinajstić information content (AvgIpc) is 2.89. The molecule has 3 aromatic rings. The minimum atomic E-state index is 0.000562. The number of hydrogen-bond donors (Lipinski definition) is 1. The van der Waals surface area contributed by atoms with Crippen LogP contribution in [0, 0.1) is 0 Å². The highest BCUT2D eigenvalue weighted by Crippen LogP contribution is 2.21. The van der Waals surface area contributed by atoms with Crippen LogP contribution < -0.4 is 19.7 Å². The molecule has 1 saturated heterocycles. The van der Waals surface area contributed by atoms with Crippen molar-refractivity contribution in [3.63, 3.8) is 0 Å². The van der Waals surface area contributed by atoms with Crippen LogP contribution in [0.25, 0.3) is 0 Å². The molecule has 1 aliphatic heterocycles. The van der Waals surface area contributed by atoms with Crippen LogP contribution in [-0.2, 0) is 11.3 Å². The number of piperazine rings is 1. The van der Waals surface area contributed by atoms with Crippen LogP contribution >= 0.6 is 0 Å². The Hall–Kier alpha value is -3.51. The molecule has 178 valence electrons. The first-order chi connectivity index (χ1) is 16.7. The van der Waals surface area contributed by atoms with E-state index in [-0.39, 0.29) is 5.91 Å². The molecule has 1 aliphatic rings. The number of carbonyl (C=O) groups excluding carboxylic acids is 1. The van der Waals surface area contributed by atoms with Crippen molar-refractivity contribution in [1.82, 2.24) is 4.90 Å². The fraction of sp³-hybridized carbons (Fsp3) is 0.321. The van der Waals surface area contributed by atoms with E-state index in [1.54, 1.807) is 7.11 Å². The zero-order valence-corrected chi connectivity index (χ0v) is 19.8. The normalized spacial score (nSPS) is 14.0. The fourth-order valence-corrected chi connectivity index (χ4v) is 4.08. The van der Waals surface area contributed by atoms with Crippen LogP contribution in [-0.4, -0.2) is 50.7 Å². The maximum atomic E-state index is 12.3. The van der Waals surface area contributed by atoms with Crippen LogP contribution in [0.1, 0.15) is 18.4 Å². The molecule has 0 atom stereocenters. The fourth-order valence-electron chi connectivity index (χ4n) is 4.08. The Kier molecular flexibility index (Phi) is 8.41. The number of rotatable bonds is 10. The first-order valence-electron chi connectivity index (χ1n) is 11.9. The SMILES string of the molecule is COc1ccc(OCCCC(=O)Nc2ccc(N3CCN(Cc4ccccc4)CC3)cc2)cc1. The standard InChI is InChI=1S/C28H33N3O3/c1-33-26-13-15-27(16-14-26)34-21-5-8-28(32)29-24-9-11-25(12-10-24)31-19-17-30(18-20-31)22-23-6-3-2-4-7-23/h2-4,6-7,9-16H,5,8,17-22H2,1H3,(H,29,32). The Morgan fingerprint density at radius 1 is 0.853 bits per heavy atom. The number of hydrogen-bond acceptors (Lipinski definition) is 5. The largest absolute Gasteiger partial charge is 0.497 e. The van der Waals surface area contributed by atoms with Crippen molar-refractivity contribution in [2.75, 3.05) is 50.1 Å². The molecule has 0 saturated carbocycles. The lowest BCUT2D eigenvalue weighted by molar-refractivity contribution is -0.116. The van der Waals surface area contributed by atoms with Gasteiger partial charge in [0.05, 0.1) is 13.7 Å². The number of nitrogens with one attached hydrogen (secondary N) is 1. The zero-order valence-electron chi connectivity index (χ0n) is 19.8. The lowest BCUT2D eigenvalue weighted by atomic mass is 10.2. The molecule has 1 N–H and O–H groups in total. The lowest BCUT2D eigenvalue weighted by Crippen LogP contribution is -2.45. The molecule has 1 amide bonds. The Morgan fingerprint density at radius 3 is 2.21 bits per heavy atom. The van der Waals surface area contributed by atoms with Gasteiger partial charge in [0.15, 0.2) is 0 Å². The van der Waals surface area contributed by atoms with Gasteiger partial charge in [-0.2, -0.15) is 0 Å². The van der Waals surface area contributed by atoms with Crippen molar-refractivity contribution < 1.29 is 14.3 Å². The number of nitrogens with zero attached hydrogens (tertiary/aromatic N) is 2. The number of benzene rings is 3. The molecule has 0 aliphatic carbocycles. The second kappa shape index (κ2) is 12.1. The van der Waals surface area contributed by atoms with Gasteiger partial charge >= 0.3 is 0 Å². The predicted molar refractivity (Wildman–Crippen MR) is 137 cm³/mol. The topological polar surface area (TPSA) is 54.0 Å². The molecule has 0 spiro atoms. The smallest absolute Gasteiger partial charge is 0.224 e. The monoisotopic (exact) mass is 459 g/mol. The molecule has 34 heavy (non-hydrogen) atoms. The minimum absolute atomic E-state index is 0.000562. The summed E-state index contributed by atoms with van der Waals surface area (Å²) in [6, 6.07) is 26.2. The van der Waals surface area contributed by atoms with Crippen LogP contribution in [0.5, 0.6) is 11.5 Å². The van der Waals surface area contributed by atoms with Gasteiger partial charge in [-0.1, -0.05) is 30.3 Å². The number of methoxy groups -OCH3 is 1. The summed E-state index contributed by atoms with van der Waals surface area (Å²) in [6.45, 7) is 5.61. The summed E-state index contributed by atoms with van der Waals surface area (Å²) in [5.41, 5.74) is 3.39. The zero-order chi connectivity index (χ0) is 23.6. The summed E-state index contributed by atoms with van der Waals surface area (Å²) in [5.74, 6) is 1.57. The highest BCUT2D eigenvalue weighted by molar-refractivity contribution is 5.90. The van der Waals surface area contributed by atoms with Crippen LogP contribution in [0.2, 0.25) is 0 Å². The van der Waals surface area contributed by atoms with E-state index in [0.29, 0.717) is 19.4 Å². The molecule has 3 aromatic carbocycles. The highest BCUT2D eigenvalue weighted by atomic mass is 16.5. The van der Waals surface area contributed by atoms with E-state index in [0.717, 1.165) is 49.9 Å². The molecule has 0 radical (unpaired) electrons. The predicted octanol–water partition coefficient (Wildman–Crippen LogP) is 4.82. The van der Waals surface area contributed by atoms with Gasteiger partial charge < -0.3 is 19.7 Å². The van der Waals surface area contributed by atoms with E-state index >= 15 is 0 Å². The van der Waals surface area contributed by atoms with Crippen molar-refractivity contribution in [3.8, 4) is 11.5 Å². The van der Waals surface area contributed by atoms with Gasteiger partial charge in [0.1, 0.15) is 11.5 Å².